The minimum Gasteiger partial charge on any atom is -0.369 e. The van der Waals surface area contributed by atoms with Crippen molar-refractivity contribution in [3.05, 3.63) is 34.6 Å². The van der Waals surface area contributed by atoms with Crippen LogP contribution in [-0.2, 0) is 11.3 Å². The Bertz CT molecular complexity index is 424. The Labute approximate surface area is 111 Å². The standard InChI is InChI=1S/C13H16ClFN2O/c14-11-2-1-3-12(15)10(11)8-17-6-4-9(5-7-17)13(16)18/h1-3,9H,4-8H2,(H2,16,18). The third kappa shape index (κ3) is 3.00. The largest absolute Gasteiger partial charge is 0.369 e. The third-order valence-electron chi connectivity index (χ3n) is 3.43. The summed E-state index contributed by atoms with van der Waals surface area (Å²) in [5, 5.41) is 0.451. The number of amides is 1. The highest BCUT2D eigenvalue weighted by Gasteiger charge is 2.23. The SMILES string of the molecule is NC(=O)C1CCN(Cc2c(F)cccc2Cl)CC1. The number of halogens is 2. The minimum absolute atomic E-state index is 0.0441. The summed E-state index contributed by atoms with van der Waals surface area (Å²) >= 11 is 5.99. The molecule has 98 valence electrons. The van der Waals surface area contributed by atoms with Crippen LogP contribution in [-0.4, -0.2) is 23.9 Å². The Morgan fingerprint density at radius 3 is 2.67 bits per heavy atom. The van der Waals surface area contributed by atoms with Crippen LogP contribution < -0.4 is 5.73 Å². The van der Waals surface area contributed by atoms with Gasteiger partial charge in [0.15, 0.2) is 0 Å². The van der Waals surface area contributed by atoms with Crippen LogP contribution in [0.1, 0.15) is 18.4 Å². The number of carbonyl (C=O) groups excluding carboxylic acids is 1. The summed E-state index contributed by atoms with van der Waals surface area (Å²) in [5.41, 5.74) is 5.80. The molecule has 3 nitrogen and oxygen atoms in total. The molecule has 1 amide bonds. The van der Waals surface area contributed by atoms with E-state index < -0.39 is 0 Å². The van der Waals surface area contributed by atoms with Crippen LogP contribution in [0.25, 0.3) is 0 Å². The molecule has 0 atom stereocenters. The van der Waals surface area contributed by atoms with Crippen molar-refractivity contribution in [2.75, 3.05) is 13.1 Å². The monoisotopic (exact) mass is 270 g/mol. The smallest absolute Gasteiger partial charge is 0.220 e. The lowest BCUT2D eigenvalue weighted by Gasteiger charge is -2.30. The molecule has 0 spiro atoms. The van der Waals surface area contributed by atoms with Gasteiger partial charge in [0.2, 0.25) is 5.91 Å². The first kappa shape index (κ1) is 13.3. The van der Waals surface area contributed by atoms with E-state index in [2.05, 4.69) is 4.90 Å². The summed E-state index contributed by atoms with van der Waals surface area (Å²) in [5.74, 6) is -0.560. The van der Waals surface area contributed by atoms with Gasteiger partial charge in [-0.15, -0.1) is 0 Å². The van der Waals surface area contributed by atoms with Crippen molar-refractivity contribution in [2.45, 2.75) is 19.4 Å². The quantitative estimate of drug-likeness (QED) is 0.915. The van der Waals surface area contributed by atoms with Crippen molar-refractivity contribution in [1.82, 2.24) is 4.90 Å². The van der Waals surface area contributed by atoms with Crippen LogP contribution in [0.5, 0.6) is 0 Å². The summed E-state index contributed by atoms with van der Waals surface area (Å²) in [7, 11) is 0. The van der Waals surface area contributed by atoms with Gasteiger partial charge >= 0.3 is 0 Å². The van der Waals surface area contributed by atoms with Crippen molar-refractivity contribution in [3.63, 3.8) is 0 Å². The molecule has 0 bridgehead atoms. The Morgan fingerprint density at radius 1 is 1.44 bits per heavy atom. The van der Waals surface area contributed by atoms with Gasteiger partial charge in [-0.2, -0.15) is 0 Å². The van der Waals surface area contributed by atoms with Crippen LogP contribution in [0.2, 0.25) is 5.02 Å². The van der Waals surface area contributed by atoms with Gasteiger partial charge in [0.05, 0.1) is 0 Å². The van der Waals surface area contributed by atoms with Gasteiger partial charge in [-0.1, -0.05) is 17.7 Å². The number of likely N-dealkylation sites (tertiary alicyclic amines) is 1. The maximum atomic E-state index is 13.6. The first-order valence-corrected chi connectivity index (χ1v) is 6.40. The Morgan fingerprint density at radius 2 is 2.11 bits per heavy atom. The van der Waals surface area contributed by atoms with Gasteiger partial charge in [0.1, 0.15) is 5.82 Å². The summed E-state index contributed by atoms with van der Waals surface area (Å²) < 4.78 is 13.6. The highest BCUT2D eigenvalue weighted by Crippen LogP contribution is 2.24. The lowest BCUT2D eigenvalue weighted by atomic mass is 9.96. The van der Waals surface area contributed by atoms with E-state index in [9.17, 15) is 9.18 Å². The molecule has 0 saturated carbocycles. The topological polar surface area (TPSA) is 46.3 Å². The van der Waals surface area contributed by atoms with Crippen LogP contribution in [0.15, 0.2) is 18.2 Å². The summed E-state index contributed by atoms with van der Waals surface area (Å²) in [4.78, 5) is 13.2. The Balaban J connectivity index is 1.98. The molecule has 0 aromatic heterocycles. The van der Waals surface area contributed by atoms with Crippen LogP contribution in [0.4, 0.5) is 4.39 Å². The van der Waals surface area contributed by atoms with E-state index in [0.29, 0.717) is 17.1 Å². The second kappa shape index (κ2) is 5.67. The van der Waals surface area contributed by atoms with E-state index in [-0.39, 0.29) is 17.6 Å². The molecule has 0 unspecified atom stereocenters. The normalized spacial score (nSPS) is 17.9. The van der Waals surface area contributed by atoms with Gasteiger partial charge in [0, 0.05) is 23.0 Å². The molecule has 1 fully saturated rings. The number of carbonyl (C=O) groups is 1. The van der Waals surface area contributed by atoms with Gasteiger partial charge in [0.25, 0.3) is 0 Å². The molecule has 18 heavy (non-hydrogen) atoms. The molecule has 0 aliphatic carbocycles. The Kier molecular flexibility index (Phi) is 4.19. The van der Waals surface area contributed by atoms with Gasteiger partial charge in [-0.05, 0) is 38.1 Å². The predicted octanol–water partition coefficient (Wildman–Crippen LogP) is 2.18. The van der Waals surface area contributed by atoms with E-state index in [4.69, 9.17) is 17.3 Å². The third-order valence-corrected chi connectivity index (χ3v) is 3.79. The van der Waals surface area contributed by atoms with Crippen LogP contribution >= 0.6 is 11.6 Å². The van der Waals surface area contributed by atoms with Crippen molar-refractivity contribution < 1.29 is 9.18 Å². The second-order valence-corrected chi connectivity index (χ2v) is 5.06. The van der Waals surface area contributed by atoms with E-state index in [1.165, 1.54) is 6.07 Å². The molecular weight excluding hydrogens is 255 g/mol. The number of hydrogen-bond donors (Lipinski definition) is 1. The number of benzene rings is 1. The van der Waals surface area contributed by atoms with Crippen molar-refractivity contribution >= 4 is 17.5 Å². The Hall–Kier alpha value is -1.13. The fourth-order valence-electron chi connectivity index (χ4n) is 2.28. The number of nitrogens with zero attached hydrogens (tertiary/aromatic N) is 1. The summed E-state index contributed by atoms with van der Waals surface area (Å²) in [6, 6.07) is 4.70. The van der Waals surface area contributed by atoms with Crippen molar-refractivity contribution in [2.24, 2.45) is 11.7 Å². The zero-order chi connectivity index (χ0) is 13.1. The number of hydrogen-bond acceptors (Lipinski definition) is 2. The molecule has 1 aromatic rings. The van der Waals surface area contributed by atoms with Crippen LogP contribution in [0.3, 0.4) is 0 Å². The summed E-state index contributed by atoms with van der Waals surface area (Å²) in [6.45, 7) is 1.98. The number of piperidine rings is 1. The predicted molar refractivity (Wildman–Crippen MR) is 68.6 cm³/mol. The van der Waals surface area contributed by atoms with E-state index in [1.807, 2.05) is 0 Å². The van der Waals surface area contributed by atoms with Gasteiger partial charge in [-0.25, -0.2) is 4.39 Å². The zero-order valence-corrected chi connectivity index (χ0v) is 10.8. The lowest BCUT2D eigenvalue weighted by molar-refractivity contribution is -0.123. The fourth-order valence-corrected chi connectivity index (χ4v) is 2.51. The average molecular weight is 271 g/mol. The average Bonchev–Trinajstić information content (AvgIpc) is 2.34. The first-order valence-electron chi connectivity index (χ1n) is 6.02. The molecule has 1 aliphatic heterocycles. The highest BCUT2D eigenvalue weighted by atomic mass is 35.5. The minimum atomic E-state index is -0.278. The molecular formula is C13H16ClFN2O. The maximum Gasteiger partial charge on any atom is 0.220 e. The van der Waals surface area contributed by atoms with E-state index >= 15 is 0 Å². The lowest BCUT2D eigenvalue weighted by Crippen LogP contribution is -2.38. The zero-order valence-electron chi connectivity index (χ0n) is 10.0. The molecule has 1 aliphatic rings. The first-order chi connectivity index (χ1) is 8.58. The molecule has 5 heteroatoms. The molecule has 1 saturated heterocycles. The molecule has 2 rings (SSSR count). The van der Waals surface area contributed by atoms with Crippen LogP contribution in [0, 0.1) is 11.7 Å². The number of primary amides is 1. The van der Waals surface area contributed by atoms with Crippen molar-refractivity contribution in [1.29, 1.82) is 0 Å². The maximum absolute atomic E-state index is 13.6. The van der Waals surface area contributed by atoms with Crippen molar-refractivity contribution in [3.8, 4) is 0 Å². The number of rotatable bonds is 3. The summed E-state index contributed by atoms with van der Waals surface area (Å²) in [6.07, 6.45) is 1.48. The fraction of sp³-hybridized carbons (Fsp3) is 0.462. The highest BCUT2D eigenvalue weighted by molar-refractivity contribution is 6.31. The second-order valence-electron chi connectivity index (χ2n) is 4.65. The van der Waals surface area contributed by atoms with E-state index in [0.717, 1.165) is 25.9 Å². The molecule has 1 heterocycles. The van der Waals surface area contributed by atoms with Gasteiger partial charge < -0.3 is 5.73 Å². The molecule has 2 N–H and O–H groups in total. The molecule has 1 aromatic carbocycles. The van der Waals surface area contributed by atoms with E-state index in [1.54, 1.807) is 12.1 Å². The molecule has 0 radical (unpaired) electrons. The number of nitrogens with two attached hydrogens (primary N) is 1. The van der Waals surface area contributed by atoms with Gasteiger partial charge in [-0.3, -0.25) is 9.69 Å².